The number of nitrogens with one attached hydrogen (secondary N) is 1. The molecule has 3 heteroatoms. The van der Waals surface area contributed by atoms with Gasteiger partial charge in [-0.05, 0) is 43.0 Å². The van der Waals surface area contributed by atoms with E-state index < -0.39 is 0 Å². The minimum atomic E-state index is 0.387. The van der Waals surface area contributed by atoms with Gasteiger partial charge in [0.2, 0.25) is 0 Å². The number of rotatable bonds is 8. The van der Waals surface area contributed by atoms with Crippen molar-refractivity contribution in [1.82, 2.24) is 10.2 Å². The maximum Gasteiger partial charge on any atom is 0.123 e. The third-order valence-electron chi connectivity index (χ3n) is 6.15. The van der Waals surface area contributed by atoms with Crippen molar-refractivity contribution in [3.8, 4) is 5.75 Å². The molecular weight excluding hydrogens is 368 g/mol. The van der Waals surface area contributed by atoms with Crippen molar-refractivity contribution in [3.63, 3.8) is 0 Å². The lowest BCUT2D eigenvalue weighted by Gasteiger charge is -2.42. The van der Waals surface area contributed by atoms with Gasteiger partial charge in [0.15, 0.2) is 0 Å². The molecule has 1 fully saturated rings. The van der Waals surface area contributed by atoms with E-state index in [-0.39, 0.29) is 0 Å². The van der Waals surface area contributed by atoms with Crippen molar-refractivity contribution >= 4 is 0 Å². The normalized spacial score (nSPS) is 19.5. The van der Waals surface area contributed by atoms with Gasteiger partial charge in [-0.25, -0.2) is 0 Å². The van der Waals surface area contributed by atoms with Crippen LogP contribution in [0.3, 0.4) is 0 Å². The highest BCUT2D eigenvalue weighted by Crippen LogP contribution is 2.32. The average molecular weight is 401 g/mol. The molecular formula is C27H32N2O. The molecule has 4 rings (SSSR count). The molecule has 1 N–H and O–H groups in total. The smallest absolute Gasteiger partial charge is 0.123 e. The number of para-hydroxylation sites is 1. The summed E-state index contributed by atoms with van der Waals surface area (Å²) in [5.74, 6) is 0.956. The van der Waals surface area contributed by atoms with Crippen LogP contribution in [0.15, 0.2) is 84.9 Å². The van der Waals surface area contributed by atoms with Crippen molar-refractivity contribution in [2.45, 2.75) is 37.9 Å². The molecule has 30 heavy (non-hydrogen) atoms. The van der Waals surface area contributed by atoms with Crippen LogP contribution < -0.4 is 10.1 Å². The second-order valence-corrected chi connectivity index (χ2v) is 8.07. The maximum absolute atomic E-state index is 5.55. The van der Waals surface area contributed by atoms with Gasteiger partial charge in [0.1, 0.15) is 5.75 Å². The van der Waals surface area contributed by atoms with Crippen LogP contribution in [0, 0.1) is 0 Å². The first-order chi connectivity index (χ1) is 14.8. The van der Waals surface area contributed by atoms with E-state index in [1.807, 2.05) is 12.1 Å². The summed E-state index contributed by atoms with van der Waals surface area (Å²) >= 11 is 0. The Hall–Kier alpha value is -2.62. The fourth-order valence-electron chi connectivity index (χ4n) is 4.63. The molecule has 0 aliphatic carbocycles. The summed E-state index contributed by atoms with van der Waals surface area (Å²) in [6, 6.07) is 30.9. The van der Waals surface area contributed by atoms with Crippen molar-refractivity contribution in [3.05, 3.63) is 102 Å². The van der Waals surface area contributed by atoms with Gasteiger partial charge in [-0.3, -0.25) is 4.90 Å². The molecule has 0 amide bonds. The van der Waals surface area contributed by atoms with E-state index in [1.54, 1.807) is 7.11 Å². The monoisotopic (exact) mass is 400 g/mol. The van der Waals surface area contributed by atoms with E-state index in [0.717, 1.165) is 31.8 Å². The molecule has 3 aromatic carbocycles. The number of hydrogen-bond donors (Lipinski definition) is 1. The van der Waals surface area contributed by atoms with E-state index >= 15 is 0 Å². The molecule has 3 aromatic rings. The Morgan fingerprint density at radius 1 is 0.900 bits per heavy atom. The molecule has 1 aliphatic heterocycles. The van der Waals surface area contributed by atoms with Gasteiger partial charge in [-0.1, -0.05) is 78.9 Å². The molecule has 0 aromatic heterocycles. The Balaban J connectivity index is 1.50. The van der Waals surface area contributed by atoms with Crippen molar-refractivity contribution < 1.29 is 4.74 Å². The third-order valence-corrected chi connectivity index (χ3v) is 6.15. The van der Waals surface area contributed by atoms with Gasteiger partial charge in [0, 0.05) is 24.7 Å². The summed E-state index contributed by atoms with van der Waals surface area (Å²) in [5, 5.41) is 3.87. The first-order valence-electron chi connectivity index (χ1n) is 11.0. The number of hydrogen-bond acceptors (Lipinski definition) is 3. The fraction of sp³-hybridized carbons (Fsp3) is 0.333. The van der Waals surface area contributed by atoms with E-state index in [4.69, 9.17) is 4.74 Å². The molecule has 1 heterocycles. The highest BCUT2D eigenvalue weighted by Gasteiger charge is 2.32. The van der Waals surface area contributed by atoms with Crippen LogP contribution in [-0.4, -0.2) is 31.1 Å². The molecule has 0 bridgehead atoms. The van der Waals surface area contributed by atoms with Crippen molar-refractivity contribution in [2.75, 3.05) is 20.2 Å². The molecule has 3 nitrogen and oxygen atoms in total. The number of ether oxygens (including phenoxy) is 1. The van der Waals surface area contributed by atoms with Crippen LogP contribution in [0.2, 0.25) is 0 Å². The topological polar surface area (TPSA) is 24.5 Å². The Kier molecular flexibility index (Phi) is 7.17. The Morgan fingerprint density at radius 2 is 1.60 bits per heavy atom. The van der Waals surface area contributed by atoms with E-state index in [2.05, 4.69) is 83.0 Å². The second kappa shape index (κ2) is 10.4. The second-order valence-electron chi connectivity index (χ2n) is 8.07. The molecule has 0 saturated carbocycles. The highest BCUT2D eigenvalue weighted by atomic mass is 16.5. The molecule has 1 saturated heterocycles. The van der Waals surface area contributed by atoms with Crippen LogP contribution in [0.1, 0.15) is 35.6 Å². The van der Waals surface area contributed by atoms with E-state index in [1.165, 1.54) is 29.5 Å². The molecule has 0 radical (unpaired) electrons. The molecule has 0 unspecified atom stereocenters. The summed E-state index contributed by atoms with van der Waals surface area (Å²) < 4.78 is 5.55. The first kappa shape index (κ1) is 20.6. The summed E-state index contributed by atoms with van der Waals surface area (Å²) in [6.45, 7) is 3.06. The van der Waals surface area contributed by atoms with Crippen LogP contribution in [-0.2, 0) is 13.0 Å². The SMILES string of the molecule is COc1ccccc1CN[C@@H]1CCCN(CCc2ccccc2)[C@@H]1c1ccccc1. The highest BCUT2D eigenvalue weighted by molar-refractivity contribution is 5.33. The predicted molar refractivity (Wildman–Crippen MR) is 124 cm³/mol. The number of likely N-dealkylation sites (tertiary alicyclic amines) is 1. The van der Waals surface area contributed by atoms with Crippen LogP contribution in [0.25, 0.3) is 0 Å². The summed E-state index contributed by atoms with van der Waals surface area (Å²) in [5.41, 5.74) is 4.03. The minimum absolute atomic E-state index is 0.387. The Bertz CT molecular complexity index is 897. The lowest BCUT2D eigenvalue weighted by atomic mass is 9.89. The van der Waals surface area contributed by atoms with Gasteiger partial charge >= 0.3 is 0 Å². The zero-order valence-electron chi connectivity index (χ0n) is 17.8. The van der Waals surface area contributed by atoms with Crippen LogP contribution in [0.5, 0.6) is 5.75 Å². The zero-order valence-corrected chi connectivity index (χ0v) is 17.8. The standard InChI is InChI=1S/C27H32N2O/c1-30-26-17-9-8-15-24(26)21-28-25-16-10-19-29(20-18-22-11-4-2-5-12-22)27(25)23-13-6-3-7-14-23/h2-9,11-15,17,25,27-28H,10,16,18-21H2,1H3/t25-,27-/m1/s1. The molecule has 1 aliphatic rings. The van der Waals surface area contributed by atoms with E-state index in [9.17, 15) is 0 Å². The van der Waals surface area contributed by atoms with Gasteiger partial charge in [0.25, 0.3) is 0 Å². The predicted octanol–water partition coefficient (Wildman–Crippen LogP) is 5.23. The number of methoxy groups -OCH3 is 1. The van der Waals surface area contributed by atoms with Gasteiger partial charge in [-0.15, -0.1) is 0 Å². The van der Waals surface area contributed by atoms with E-state index in [0.29, 0.717) is 12.1 Å². The molecule has 2 atom stereocenters. The Labute approximate surface area is 180 Å². The quantitative estimate of drug-likeness (QED) is 0.560. The first-order valence-corrected chi connectivity index (χ1v) is 11.0. The third kappa shape index (κ3) is 5.10. The largest absolute Gasteiger partial charge is 0.496 e. The van der Waals surface area contributed by atoms with Gasteiger partial charge in [0.05, 0.1) is 13.2 Å². The number of piperidine rings is 1. The summed E-state index contributed by atoms with van der Waals surface area (Å²) in [7, 11) is 1.75. The number of benzene rings is 3. The lowest BCUT2D eigenvalue weighted by Crippen LogP contribution is -2.48. The molecule has 156 valence electrons. The van der Waals surface area contributed by atoms with Crippen molar-refractivity contribution in [1.29, 1.82) is 0 Å². The maximum atomic E-state index is 5.55. The van der Waals surface area contributed by atoms with Gasteiger partial charge in [-0.2, -0.15) is 0 Å². The fourth-order valence-corrected chi connectivity index (χ4v) is 4.63. The zero-order chi connectivity index (χ0) is 20.6. The van der Waals surface area contributed by atoms with Crippen molar-refractivity contribution in [2.24, 2.45) is 0 Å². The summed E-state index contributed by atoms with van der Waals surface area (Å²) in [6.07, 6.45) is 3.50. The van der Waals surface area contributed by atoms with Crippen LogP contribution >= 0.6 is 0 Å². The summed E-state index contributed by atoms with van der Waals surface area (Å²) in [4.78, 5) is 2.67. The molecule has 0 spiro atoms. The Morgan fingerprint density at radius 3 is 2.37 bits per heavy atom. The minimum Gasteiger partial charge on any atom is -0.496 e. The lowest BCUT2D eigenvalue weighted by molar-refractivity contribution is 0.112. The van der Waals surface area contributed by atoms with Gasteiger partial charge < -0.3 is 10.1 Å². The average Bonchev–Trinajstić information content (AvgIpc) is 2.82. The van der Waals surface area contributed by atoms with Crippen LogP contribution in [0.4, 0.5) is 0 Å². The number of nitrogens with zero attached hydrogens (tertiary/aromatic N) is 1.